The van der Waals surface area contributed by atoms with Gasteiger partial charge in [0, 0.05) is 19.5 Å². The van der Waals surface area contributed by atoms with Gasteiger partial charge in [0.25, 0.3) is 5.91 Å². The van der Waals surface area contributed by atoms with E-state index < -0.39 is 5.97 Å². The third-order valence-corrected chi connectivity index (χ3v) is 5.13. The Hall–Kier alpha value is -1.46. The van der Waals surface area contributed by atoms with E-state index in [2.05, 4.69) is 0 Å². The third kappa shape index (κ3) is 4.54. The number of benzene rings is 1. The normalized spacial score (nSPS) is 14.6. The number of carbonyl (C=O) groups is 2. The smallest absolute Gasteiger partial charge is 0.303 e. The van der Waals surface area contributed by atoms with E-state index in [1.807, 2.05) is 0 Å². The maximum Gasteiger partial charge on any atom is 0.303 e. The van der Waals surface area contributed by atoms with Gasteiger partial charge in [-0.3, -0.25) is 9.59 Å². The molecule has 0 spiro atoms. The zero-order valence-electron chi connectivity index (χ0n) is 13.6. The van der Waals surface area contributed by atoms with E-state index in [0.29, 0.717) is 17.7 Å². The van der Waals surface area contributed by atoms with Crippen LogP contribution in [-0.2, 0) is 4.79 Å². The minimum absolute atomic E-state index is 0.0219. The molecule has 2 rings (SSSR count). The molecule has 1 aromatic rings. The third-order valence-electron chi connectivity index (χ3n) is 4.26. The Kier molecular flexibility index (Phi) is 6.75. The lowest BCUT2D eigenvalue weighted by atomic mass is 10.1. The summed E-state index contributed by atoms with van der Waals surface area (Å²) < 4.78 is 5.46. The molecule has 0 atom stereocenters. The quantitative estimate of drug-likeness (QED) is 0.725. The number of carboxylic acid groups (broad SMARTS) is 1. The van der Waals surface area contributed by atoms with Crippen LogP contribution in [0.2, 0.25) is 10.0 Å². The van der Waals surface area contributed by atoms with E-state index in [1.54, 1.807) is 24.1 Å². The predicted octanol–water partition coefficient (Wildman–Crippen LogP) is 4.25. The maximum atomic E-state index is 12.6. The molecule has 7 heteroatoms. The second-order valence-electron chi connectivity index (χ2n) is 5.94. The van der Waals surface area contributed by atoms with Gasteiger partial charge in [0.2, 0.25) is 0 Å². The molecule has 0 aliphatic heterocycles. The van der Waals surface area contributed by atoms with Crippen LogP contribution in [0.25, 0.3) is 0 Å². The van der Waals surface area contributed by atoms with Gasteiger partial charge < -0.3 is 14.7 Å². The Morgan fingerprint density at radius 2 is 1.92 bits per heavy atom. The van der Waals surface area contributed by atoms with Crippen molar-refractivity contribution < 1.29 is 19.4 Å². The van der Waals surface area contributed by atoms with Gasteiger partial charge in [0.15, 0.2) is 0 Å². The number of halogens is 2. The summed E-state index contributed by atoms with van der Waals surface area (Å²) in [5.41, 5.74) is 0.356. The molecule has 1 amide bonds. The van der Waals surface area contributed by atoms with Gasteiger partial charge in [0.1, 0.15) is 10.8 Å². The van der Waals surface area contributed by atoms with Crippen LogP contribution in [-0.4, -0.2) is 41.6 Å². The van der Waals surface area contributed by atoms with Gasteiger partial charge in [-0.2, -0.15) is 0 Å². The summed E-state index contributed by atoms with van der Waals surface area (Å²) in [6.45, 7) is 0.220. The first-order chi connectivity index (χ1) is 11.4. The summed E-state index contributed by atoms with van der Waals surface area (Å²) >= 11 is 12.5. The molecular formula is C17H21Cl2NO4. The second-order valence-corrected chi connectivity index (χ2v) is 6.70. The Morgan fingerprint density at radius 3 is 2.54 bits per heavy atom. The summed E-state index contributed by atoms with van der Waals surface area (Å²) in [6.07, 6.45) is 4.69. The summed E-state index contributed by atoms with van der Waals surface area (Å²) in [4.78, 5) is 24.8. The standard InChI is InChI=1S/C17H21Cl2NO4/c1-20(11-5-2-3-6-11)17(23)12-8-9-13(16(19)15(12)18)24-10-4-7-14(21)22/h8-9,11H,2-7,10H2,1H3,(H,21,22). The Bertz CT molecular complexity index is 615. The molecular weight excluding hydrogens is 353 g/mol. The van der Waals surface area contributed by atoms with Crippen LogP contribution in [0.5, 0.6) is 5.75 Å². The zero-order valence-corrected chi connectivity index (χ0v) is 15.1. The van der Waals surface area contributed by atoms with E-state index >= 15 is 0 Å². The molecule has 5 nitrogen and oxygen atoms in total. The van der Waals surface area contributed by atoms with E-state index in [-0.39, 0.29) is 35.0 Å². The molecule has 24 heavy (non-hydrogen) atoms. The van der Waals surface area contributed by atoms with E-state index in [1.165, 1.54) is 0 Å². The predicted molar refractivity (Wildman–Crippen MR) is 93.2 cm³/mol. The fraction of sp³-hybridized carbons (Fsp3) is 0.529. The molecule has 0 unspecified atom stereocenters. The van der Waals surface area contributed by atoms with Gasteiger partial charge in [-0.1, -0.05) is 36.0 Å². The molecule has 1 aliphatic carbocycles. The van der Waals surface area contributed by atoms with Crippen molar-refractivity contribution in [2.24, 2.45) is 0 Å². The van der Waals surface area contributed by atoms with Crippen LogP contribution in [0, 0.1) is 0 Å². The molecule has 0 bridgehead atoms. The van der Waals surface area contributed by atoms with Crippen molar-refractivity contribution in [3.63, 3.8) is 0 Å². The van der Waals surface area contributed by atoms with Crippen molar-refractivity contribution in [2.45, 2.75) is 44.6 Å². The lowest BCUT2D eigenvalue weighted by Crippen LogP contribution is -2.35. The summed E-state index contributed by atoms with van der Waals surface area (Å²) in [5, 5.41) is 8.95. The van der Waals surface area contributed by atoms with Crippen LogP contribution >= 0.6 is 23.2 Å². The van der Waals surface area contributed by atoms with E-state index in [9.17, 15) is 9.59 Å². The van der Waals surface area contributed by atoms with Crippen molar-refractivity contribution in [1.82, 2.24) is 4.90 Å². The molecule has 0 heterocycles. The number of amides is 1. The number of carboxylic acids is 1. The van der Waals surface area contributed by atoms with Gasteiger partial charge in [-0.05, 0) is 31.4 Å². The van der Waals surface area contributed by atoms with E-state index in [0.717, 1.165) is 25.7 Å². The molecule has 1 aromatic carbocycles. The molecule has 1 fully saturated rings. The van der Waals surface area contributed by atoms with Gasteiger partial charge in [0.05, 0.1) is 17.2 Å². The highest BCUT2D eigenvalue weighted by Gasteiger charge is 2.26. The average Bonchev–Trinajstić information content (AvgIpc) is 3.08. The van der Waals surface area contributed by atoms with Crippen LogP contribution in [0.3, 0.4) is 0 Å². The number of aliphatic carboxylic acids is 1. The number of ether oxygens (including phenoxy) is 1. The molecule has 1 N–H and O–H groups in total. The lowest BCUT2D eigenvalue weighted by Gasteiger charge is -2.25. The highest BCUT2D eigenvalue weighted by molar-refractivity contribution is 6.44. The number of nitrogens with zero attached hydrogens (tertiary/aromatic N) is 1. The second kappa shape index (κ2) is 8.58. The summed E-state index contributed by atoms with van der Waals surface area (Å²) in [7, 11) is 1.79. The van der Waals surface area contributed by atoms with Crippen molar-refractivity contribution >= 4 is 35.1 Å². The number of rotatable bonds is 7. The topological polar surface area (TPSA) is 66.8 Å². The number of hydrogen-bond acceptors (Lipinski definition) is 3. The van der Waals surface area contributed by atoms with Gasteiger partial charge in [-0.25, -0.2) is 0 Å². The van der Waals surface area contributed by atoms with Crippen LogP contribution in [0.4, 0.5) is 0 Å². The highest BCUT2D eigenvalue weighted by atomic mass is 35.5. The molecule has 0 aromatic heterocycles. The first-order valence-corrected chi connectivity index (χ1v) is 8.77. The SMILES string of the molecule is CN(C(=O)c1ccc(OCCCC(=O)O)c(Cl)c1Cl)C1CCCC1. The highest BCUT2D eigenvalue weighted by Crippen LogP contribution is 2.36. The largest absolute Gasteiger partial charge is 0.492 e. The molecule has 132 valence electrons. The van der Waals surface area contributed by atoms with Crippen molar-refractivity contribution in [3.8, 4) is 5.75 Å². The fourth-order valence-corrected chi connectivity index (χ4v) is 3.32. The minimum atomic E-state index is -0.876. The fourth-order valence-electron chi connectivity index (χ4n) is 2.86. The van der Waals surface area contributed by atoms with Crippen LogP contribution < -0.4 is 4.74 Å². The van der Waals surface area contributed by atoms with Crippen molar-refractivity contribution in [1.29, 1.82) is 0 Å². The monoisotopic (exact) mass is 373 g/mol. The molecule has 1 saturated carbocycles. The van der Waals surface area contributed by atoms with E-state index in [4.69, 9.17) is 33.0 Å². The maximum absolute atomic E-state index is 12.6. The molecule has 0 radical (unpaired) electrons. The average molecular weight is 374 g/mol. The van der Waals surface area contributed by atoms with Gasteiger partial charge >= 0.3 is 5.97 Å². The van der Waals surface area contributed by atoms with Crippen molar-refractivity contribution in [3.05, 3.63) is 27.7 Å². The van der Waals surface area contributed by atoms with Crippen LogP contribution in [0.1, 0.15) is 48.9 Å². The summed E-state index contributed by atoms with van der Waals surface area (Å²) in [5.74, 6) is -0.669. The first kappa shape index (κ1) is 18.9. The lowest BCUT2D eigenvalue weighted by molar-refractivity contribution is -0.137. The Morgan fingerprint density at radius 1 is 1.25 bits per heavy atom. The van der Waals surface area contributed by atoms with Gasteiger partial charge in [-0.15, -0.1) is 0 Å². The summed E-state index contributed by atoms with van der Waals surface area (Å²) in [6, 6.07) is 3.46. The molecule has 0 saturated heterocycles. The Balaban J connectivity index is 2.05. The minimum Gasteiger partial charge on any atom is -0.492 e. The van der Waals surface area contributed by atoms with Crippen molar-refractivity contribution in [2.75, 3.05) is 13.7 Å². The zero-order chi connectivity index (χ0) is 17.7. The number of hydrogen-bond donors (Lipinski definition) is 1. The van der Waals surface area contributed by atoms with Crippen LogP contribution in [0.15, 0.2) is 12.1 Å². The number of carbonyl (C=O) groups excluding carboxylic acids is 1. The molecule has 1 aliphatic rings. The Labute approximate surface area is 151 Å². The first-order valence-electron chi connectivity index (χ1n) is 8.01.